The van der Waals surface area contributed by atoms with Crippen molar-refractivity contribution in [2.45, 2.75) is 0 Å². The standard InChI is InChI=1S/C17H16FN3O4/c1-19-8-9-20(14-10-11(18)6-7-13(14)19)17(22)12-4-3-5-15(25-2)16(12)21(23)24/h3-7,10H,8-9H2,1-2H3. The summed E-state index contributed by atoms with van der Waals surface area (Å²) in [6, 6.07) is 8.48. The maximum Gasteiger partial charge on any atom is 0.323 e. The zero-order valence-corrected chi connectivity index (χ0v) is 13.7. The van der Waals surface area contributed by atoms with Crippen molar-refractivity contribution in [2.75, 3.05) is 37.0 Å². The lowest BCUT2D eigenvalue weighted by Gasteiger charge is -2.35. The summed E-state index contributed by atoms with van der Waals surface area (Å²) in [6.45, 7) is 0.822. The number of benzene rings is 2. The number of likely N-dealkylation sites (N-methyl/N-ethyl adjacent to an activating group) is 1. The van der Waals surface area contributed by atoms with Gasteiger partial charge >= 0.3 is 5.69 Å². The second kappa shape index (κ2) is 6.39. The molecular weight excluding hydrogens is 329 g/mol. The van der Waals surface area contributed by atoms with Gasteiger partial charge in [0.2, 0.25) is 0 Å². The summed E-state index contributed by atoms with van der Waals surface area (Å²) >= 11 is 0. The van der Waals surface area contributed by atoms with Gasteiger partial charge in [0.1, 0.15) is 11.4 Å². The number of fused-ring (bicyclic) bond motifs is 1. The van der Waals surface area contributed by atoms with Crippen LogP contribution < -0.4 is 14.5 Å². The summed E-state index contributed by atoms with van der Waals surface area (Å²) in [4.78, 5) is 27.0. The van der Waals surface area contributed by atoms with Crippen LogP contribution in [-0.4, -0.2) is 38.1 Å². The van der Waals surface area contributed by atoms with Gasteiger partial charge in [0, 0.05) is 20.1 Å². The first kappa shape index (κ1) is 16.7. The third kappa shape index (κ3) is 2.86. The SMILES string of the molecule is COc1cccc(C(=O)N2CCN(C)c3ccc(F)cc32)c1[N+](=O)[O-]. The summed E-state index contributed by atoms with van der Waals surface area (Å²) in [5.41, 5.74) is 0.582. The third-order valence-corrected chi connectivity index (χ3v) is 4.18. The van der Waals surface area contributed by atoms with Crippen LogP contribution in [0.2, 0.25) is 0 Å². The largest absolute Gasteiger partial charge is 0.490 e. The van der Waals surface area contributed by atoms with Gasteiger partial charge in [-0.2, -0.15) is 0 Å². The highest BCUT2D eigenvalue weighted by Crippen LogP contribution is 2.36. The number of hydrogen-bond donors (Lipinski definition) is 0. The molecular formula is C17H16FN3O4. The number of nitrogens with zero attached hydrogens (tertiary/aromatic N) is 3. The van der Waals surface area contributed by atoms with Crippen LogP contribution in [0.4, 0.5) is 21.5 Å². The Morgan fingerprint density at radius 3 is 2.68 bits per heavy atom. The summed E-state index contributed by atoms with van der Waals surface area (Å²) < 4.78 is 18.7. The molecule has 0 aromatic heterocycles. The predicted molar refractivity (Wildman–Crippen MR) is 91.0 cm³/mol. The molecule has 0 unspecified atom stereocenters. The lowest BCUT2D eigenvalue weighted by Crippen LogP contribution is -2.43. The Labute approximate surface area is 143 Å². The van der Waals surface area contributed by atoms with E-state index in [1.54, 1.807) is 6.07 Å². The first-order chi connectivity index (χ1) is 11.9. The van der Waals surface area contributed by atoms with Crippen LogP contribution >= 0.6 is 0 Å². The number of nitro benzene ring substituents is 1. The average molecular weight is 345 g/mol. The molecule has 1 aliphatic rings. The van der Waals surface area contributed by atoms with Crippen LogP contribution in [0.3, 0.4) is 0 Å². The number of carbonyl (C=O) groups excluding carboxylic acids is 1. The number of para-hydroxylation sites is 1. The number of amides is 1. The molecule has 1 amide bonds. The van der Waals surface area contributed by atoms with Crippen LogP contribution in [0.5, 0.6) is 5.75 Å². The Hall–Kier alpha value is -3.16. The maximum atomic E-state index is 13.7. The zero-order valence-electron chi connectivity index (χ0n) is 13.7. The van der Waals surface area contributed by atoms with Crippen molar-refractivity contribution in [3.8, 4) is 5.75 Å². The quantitative estimate of drug-likeness (QED) is 0.631. The molecule has 0 spiro atoms. The van der Waals surface area contributed by atoms with Gasteiger partial charge in [-0.15, -0.1) is 0 Å². The smallest absolute Gasteiger partial charge is 0.323 e. The van der Waals surface area contributed by atoms with Crippen molar-refractivity contribution in [1.29, 1.82) is 0 Å². The Kier molecular flexibility index (Phi) is 4.26. The van der Waals surface area contributed by atoms with E-state index < -0.39 is 22.3 Å². The zero-order chi connectivity index (χ0) is 18.1. The van der Waals surface area contributed by atoms with Crippen molar-refractivity contribution >= 4 is 23.0 Å². The van der Waals surface area contributed by atoms with Crippen LogP contribution in [-0.2, 0) is 0 Å². The normalized spacial score (nSPS) is 13.4. The molecule has 0 bridgehead atoms. The number of hydrogen-bond acceptors (Lipinski definition) is 5. The van der Waals surface area contributed by atoms with E-state index in [9.17, 15) is 19.3 Å². The highest BCUT2D eigenvalue weighted by molar-refractivity contribution is 6.11. The number of nitro groups is 1. The number of halogens is 1. The van der Waals surface area contributed by atoms with E-state index in [1.165, 1.54) is 42.3 Å². The summed E-state index contributed by atoms with van der Waals surface area (Å²) in [6.07, 6.45) is 0. The number of anilines is 2. The minimum Gasteiger partial charge on any atom is -0.490 e. The molecule has 25 heavy (non-hydrogen) atoms. The fraction of sp³-hybridized carbons (Fsp3) is 0.235. The third-order valence-electron chi connectivity index (χ3n) is 4.18. The van der Waals surface area contributed by atoms with Crippen LogP contribution in [0.1, 0.15) is 10.4 Å². The van der Waals surface area contributed by atoms with Crippen molar-refractivity contribution in [3.63, 3.8) is 0 Å². The lowest BCUT2D eigenvalue weighted by molar-refractivity contribution is -0.386. The Morgan fingerprint density at radius 2 is 2.00 bits per heavy atom. The van der Waals surface area contributed by atoms with E-state index in [1.807, 2.05) is 11.9 Å². The minimum atomic E-state index is -0.644. The van der Waals surface area contributed by atoms with Gasteiger partial charge in [-0.05, 0) is 30.3 Å². The molecule has 1 heterocycles. The van der Waals surface area contributed by atoms with Crippen molar-refractivity contribution in [1.82, 2.24) is 0 Å². The Morgan fingerprint density at radius 1 is 1.24 bits per heavy atom. The second-order valence-electron chi connectivity index (χ2n) is 5.62. The molecule has 8 heteroatoms. The van der Waals surface area contributed by atoms with Gasteiger partial charge in [-0.1, -0.05) is 6.07 Å². The van der Waals surface area contributed by atoms with E-state index in [0.29, 0.717) is 24.5 Å². The molecule has 2 aromatic carbocycles. The predicted octanol–water partition coefficient (Wildman–Crippen LogP) is 2.84. The Bertz CT molecular complexity index is 856. The van der Waals surface area contributed by atoms with Gasteiger partial charge in [0.15, 0.2) is 5.75 Å². The van der Waals surface area contributed by atoms with Crippen LogP contribution in [0, 0.1) is 15.9 Å². The first-order valence-corrected chi connectivity index (χ1v) is 7.58. The van der Waals surface area contributed by atoms with Gasteiger partial charge in [-0.25, -0.2) is 4.39 Å². The summed E-state index contributed by atoms with van der Waals surface area (Å²) in [7, 11) is 3.14. The van der Waals surface area contributed by atoms with Crippen molar-refractivity contribution in [2.24, 2.45) is 0 Å². The fourth-order valence-electron chi connectivity index (χ4n) is 2.93. The van der Waals surface area contributed by atoms with Crippen LogP contribution in [0.25, 0.3) is 0 Å². The molecule has 0 N–H and O–H groups in total. The van der Waals surface area contributed by atoms with E-state index in [2.05, 4.69) is 0 Å². The summed E-state index contributed by atoms with van der Waals surface area (Å²) in [5, 5.41) is 11.4. The molecule has 3 rings (SSSR count). The monoisotopic (exact) mass is 345 g/mol. The van der Waals surface area contributed by atoms with E-state index >= 15 is 0 Å². The molecule has 0 saturated heterocycles. The molecule has 7 nitrogen and oxygen atoms in total. The number of methoxy groups -OCH3 is 1. The van der Waals surface area contributed by atoms with Crippen LogP contribution in [0.15, 0.2) is 36.4 Å². The first-order valence-electron chi connectivity index (χ1n) is 7.58. The molecule has 0 aliphatic carbocycles. The topological polar surface area (TPSA) is 75.9 Å². The molecule has 0 atom stereocenters. The number of carbonyl (C=O) groups is 1. The van der Waals surface area contributed by atoms with E-state index in [0.717, 1.165) is 0 Å². The molecule has 130 valence electrons. The van der Waals surface area contributed by atoms with Gasteiger partial charge in [0.05, 0.1) is 23.4 Å². The highest BCUT2D eigenvalue weighted by atomic mass is 19.1. The molecule has 0 saturated carbocycles. The Balaban J connectivity index is 2.11. The molecule has 0 radical (unpaired) electrons. The minimum absolute atomic E-state index is 0.00411. The number of rotatable bonds is 3. The van der Waals surface area contributed by atoms with Gasteiger partial charge in [0.25, 0.3) is 5.91 Å². The molecule has 1 aliphatic heterocycles. The van der Waals surface area contributed by atoms with E-state index in [-0.39, 0.29) is 11.3 Å². The lowest BCUT2D eigenvalue weighted by atomic mass is 10.1. The second-order valence-corrected chi connectivity index (χ2v) is 5.62. The number of ether oxygens (including phenoxy) is 1. The van der Waals surface area contributed by atoms with Crippen molar-refractivity contribution in [3.05, 3.63) is 57.9 Å². The van der Waals surface area contributed by atoms with Gasteiger partial charge < -0.3 is 14.5 Å². The fourth-order valence-corrected chi connectivity index (χ4v) is 2.93. The maximum absolute atomic E-state index is 13.7. The molecule has 2 aromatic rings. The average Bonchev–Trinajstić information content (AvgIpc) is 2.60. The van der Waals surface area contributed by atoms with E-state index in [4.69, 9.17) is 4.74 Å². The highest BCUT2D eigenvalue weighted by Gasteiger charge is 2.32. The van der Waals surface area contributed by atoms with Crippen molar-refractivity contribution < 1.29 is 18.8 Å². The molecule has 0 fully saturated rings. The van der Waals surface area contributed by atoms with Gasteiger partial charge in [-0.3, -0.25) is 14.9 Å². The summed E-state index contributed by atoms with van der Waals surface area (Å²) in [5.74, 6) is -1.04.